The average molecular weight is 496 g/mol. The Morgan fingerprint density at radius 2 is 1.24 bits per heavy atom. The third-order valence-electron chi connectivity index (χ3n) is 3.05. The maximum atomic E-state index is 10.1. The van der Waals surface area contributed by atoms with Crippen LogP contribution in [0.15, 0.2) is 0 Å². The molecule has 1 aliphatic carbocycles. The Hall–Kier alpha value is -1.07. The predicted molar refractivity (Wildman–Crippen MR) is 84.9 cm³/mol. The zero-order valence-corrected chi connectivity index (χ0v) is 17.8. The Bertz CT molecular complexity index is 425. The van der Waals surface area contributed by atoms with Crippen LogP contribution >= 0.6 is 0 Å². The summed E-state index contributed by atoms with van der Waals surface area (Å²) in [5, 5.41) is 19.8. The third kappa shape index (κ3) is 38.2. The summed E-state index contributed by atoms with van der Waals surface area (Å²) in [6.07, 6.45) is 6.93. The first kappa shape index (κ1) is 51.0. The van der Waals surface area contributed by atoms with Crippen LogP contribution in [0.2, 0.25) is 0 Å². The molecule has 2 N–H and O–H groups in total. The monoisotopic (exact) mass is 496 g/mol. The smallest absolute Gasteiger partial charge is 0 e. The van der Waals surface area contributed by atoms with Crippen LogP contribution in [0, 0.1) is 51.7 Å². The number of aliphatic hydroxyl groups is 2. The standard InChI is InChI=1S/C13H22O2.6CO.2Co/c1-2-3-4-5-7-10-13(15)11-8-6-9-12(13)14;6*1-2;;/h12,14-15H,2-6,8-9,11H2,1H3;;;;;;;;. The molecule has 0 aromatic rings. The summed E-state index contributed by atoms with van der Waals surface area (Å²) in [6.45, 7) is 29.2. The fraction of sp³-hybridized carbons (Fsp3) is 0.579. The van der Waals surface area contributed by atoms with Gasteiger partial charge in [-0.25, -0.2) is 0 Å². The topological polar surface area (TPSA) is 160 Å². The largest absolute Gasteiger partial charge is 0 e. The molecular weight excluding hydrogens is 474 g/mol. The summed E-state index contributed by atoms with van der Waals surface area (Å²) in [7, 11) is 0. The summed E-state index contributed by atoms with van der Waals surface area (Å²) in [5.74, 6) is 5.86. The second-order valence-corrected chi connectivity index (χ2v) is 4.44. The quantitative estimate of drug-likeness (QED) is 0.265. The summed E-state index contributed by atoms with van der Waals surface area (Å²) in [5.41, 5.74) is -1.12. The van der Waals surface area contributed by atoms with Crippen molar-refractivity contribution in [3.8, 4) is 11.8 Å². The zero-order chi connectivity index (χ0) is 23.1. The van der Waals surface area contributed by atoms with Crippen LogP contribution in [0.25, 0.3) is 0 Å². The molecule has 1 aliphatic rings. The van der Waals surface area contributed by atoms with E-state index in [1.165, 1.54) is 12.8 Å². The SMILES string of the molecule is CCCCCC#CC1(O)CCCCC1O.[C-]#[O+].[C-]#[O+].[C-]#[O+].[C-]#[O+].[C-]#[O+].[C-]#[O+].[Co].[Co]. The van der Waals surface area contributed by atoms with Crippen molar-refractivity contribution in [2.24, 2.45) is 0 Å². The molecule has 0 aromatic carbocycles. The van der Waals surface area contributed by atoms with Gasteiger partial charge in [0.1, 0.15) is 0 Å². The van der Waals surface area contributed by atoms with Gasteiger partial charge < -0.3 is 10.2 Å². The molecule has 0 heterocycles. The summed E-state index contributed by atoms with van der Waals surface area (Å²) in [4.78, 5) is 0. The Labute approximate surface area is 193 Å². The maximum Gasteiger partial charge on any atom is 0 e. The molecule has 0 aromatic heterocycles. The van der Waals surface area contributed by atoms with Gasteiger partial charge in [0, 0.05) is 40.0 Å². The molecule has 1 saturated carbocycles. The second-order valence-electron chi connectivity index (χ2n) is 4.44. The van der Waals surface area contributed by atoms with Gasteiger partial charge in [-0.1, -0.05) is 32.1 Å². The van der Waals surface area contributed by atoms with Crippen LogP contribution in [0.4, 0.5) is 0 Å². The van der Waals surface area contributed by atoms with Gasteiger partial charge in [0.15, 0.2) is 5.60 Å². The van der Waals surface area contributed by atoms with Crippen molar-refractivity contribution in [3.63, 3.8) is 0 Å². The van der Waals surface area contributed by atoms with Crippen LogP contribution in [0.1, 0.15) is 58.3 Å². The summed E-state index contributed by atoms with van der Waals surface area (Å²) < 4.78 is 45.0. The second kappa shape index (κ2) is 56.3. The van der Waals surface area contributed by atoms with Crippen molar-refractivity contribution < 1.29 is 71.7 Å². The Morgan fingerprint density at radius 1 is 0.828 bits per heavy atom. The molecule has 2 radical (unpaired) electrons. The van der Waals surface area contributed by atoms with Crippen LogP contribution in [0.3, 0.4) is 0 Å². The van der Waals surface area contributed by atoms with Crippen molar-refractivity contribution in [1.29, 1.82) is 0 Å². The molecule has 164 valence electrons. The van der Waals surface area contributed by atoms with Gasteiger partial charge in [-0.2, -0.15) is 0 Å². The molecule has 10 heteroatoms. The van der Waals surface area contributed by atoms with E-state index in [9.17, 15) is 10.2 Å². The van der Waals surface area contributed by atoms with Crippen molar-refractivity contribution in [2.45, 2.75) is 70.0 Å². The number of aliphatic hydroxyl groups excluding tert-OH is 1. The van der Waals surface area contributed by atoms with Crippen molar-refractivity contribution >= 4 is 0 Å². The van der Waals surface area contributed by atoms with Gasteiger partial charge in [0.25, 0.3) is 0 Å². The van der Waals surface area contributed by atoms with Gasteiger partial charge in [0.05, 0.1) is 6.10 Å². The van der Waals surface area contributed by atoms with E-state index in [1.54, 1.807) is 0 Å². The molecule has 0 bridgehead atoms. The molecule has 29 heavy (non-hydrogen) atoms. The van der Waals surface area contributed by atoms with Crippen molar-refractivity contribution in [2.75, 3.05) is 0 Å². The summed E-state index contributed by atoms with van der Waals surface area (Å²) in [6, 6.07) is 0. The molecule has 0 amide bonds. The van der Waals surface area contributed by atoms with Gasteiger partial charge in [0.2, 0.25) is 0 Å². The van der Waals surface area contributed by atoms with Crippen LogP contribution in [-0.2, 0) is 61.5 Å². The number of rotatable bonds is 3. The van der Waals surface area contributed by atoms with Crippen LogP contribution < -0.4 is 0 Å². The van der Waals surface area contributed by atoms with Crippen molar-refractivity contribution in [1.82, 2.24) is 0 Å². The van der Waals surface area contributed by atoms with Gasteiger partial charge >= 0.3 is 67.8 Å². The normalized spacial score (nSPS) is 16.3. The van der Waals surface area contributed by atoms with E-state index in [-0.39, 0.29) is 33.6 Å². The van der Waals surface area contributed by atoms with Gasteiger partial charge in [-0.15, -0.1) is 5.92 Å². The fourth-order valence-corrected chi connectivity index (χ4v) is 1.96. The molecule has 1 fully saturated rings. The minimum Gasteiger partial charge on any atom is 0 e. The van der Waals surface area contributed by atoms with Crippen LogP contribution in [-0.4, -0.2) is 21.9 Å². The van der Waals surface area contributed by atoms with E-state index in [0.717, 1.165) is 25.7 Å². The number of hydrogen-bond acceptors (Lipinski definition) is 2. The molecule has 8 nitrogen and oxygen atoms in total. The predicted octanol–water partition coefficient (Wildman–Crippen LogP) is 2.01. The third-order valence-corrected chi connectivity index (χ3v) is 3.05. The van der Waals surface area contributed by atoms with E-state index in [0.29, 0.717) is 12.8 Å². The van der Waals surface area contributed by atoms with E-state index >= 15 is 0 Å². The van der Waals surface area contributed by atoms with Gasteiger partial charge in [-0.3, -0.25) is 0 Å². The minimum atomic E-state index is -1.12. The molecule has 0 saturated heterocycles. The number of unbranched alkanes of at least 4 members (excludes halogenated alkanes) is 3. The Morgan fingerprint density at radius 3 is 1.59 bits per heavy atom. The van der Waals surface area contributed by atoms with Crippen LogP contribution in [0.5, 0.6) is 0 Å². The first-order chi connectivity index (χ1) is 13.2. The number of hydrogen-bond donors (Lipinski definition) is 2. The van der Waals surface area contributed by atoms with E-state index in [4.69, 9.17) is 27.9 Å². The fourth-order valence-electron chi connectivity index (χ4n) is 1.96. The van der Waals surface area contributed by atoms with E-state index in [2.05, 4.69) is 58.7 Å². The zero-order valence-electron chi connectivity index (χ0n) is 15.7. The maximum absolute atomic E-state index is 10.1. The minimum absolute atomic E-state index is 0. The molecule has 1 rings (SSSR count). The molecule has 0 aliphatic heterocycles. The average Bonchev–Trinajstić information content (AvgIpc) is 2.79. The first-order valence-electron chi connectivity index (χ1n) is 7.32. The molecule has 2 atom stereocenters. The first-order valence-corrected chi connectivity index (χ1v) is 7.32. The Balaban J connectivity index is -0.0000000453. The van der Waals surface area contributed by atoms with E-state index in [1.807, 2.05) is 0 Å². The van der Waals surface area contributed by atoms with Crippen molar-refractivity contribution in [3.05, 3.63) is 39.9 Å². The molecule has 2 unspecified atom stereocenters. The summed E-state index contributed by atoms with van der Waals surface area (Å²) >= 11 is 0. The molecule has 0 spiro atoms. The Kier molecular flexibility index (Phi) is 99.0. The van der Waals surface area contributed by atoms with Gasteiger partial charge in [-0.05, 0) is 25.7 Å². The molecular formula is C19H22Co2O8. The van der Waals surface area contributed by atoms with E-state index < -0.39 is 11.7 Å².